The first-order chi connectivity index (χ1) is 17.0. The van der Waals surface area contributed by atoms with Crippen molar-refractivity contribution in [3.8, 4) is 10.4 Å². The van der Waals surface area contributed by atoms with E-state index < -0.39 is 0 Å². The highest BCUT2D eigenvalue weighted by atomic mass is 32.1. The van der Waals surface area contributed by atoms with Crippen LogP contribution in [-0.2, 0) is 11.3 Å². The summed E-state index contributed by atoms with van der Waals surface area (Å²) in [5, 5.41) is 13.5. The minimum atomic E-state index is -0.0993. The third kappa shape index (κ3) is 5.93. The maximum absolute atomic E-state index is 13.1. The number of anilines is 1. The first-order valence-electron chi connectivity index (χ1n) is 12.4. The summed E-state index contributed by atoms with van der Waals surface area (Å²) in [5.74, 6) is -0.0452. The van der Waals surface area contributed by atoms with Crippen LogP contribution in [0.5, 0.6) is 0 Å². The second-order valence-electron chi connectivity index (χ2n) is 9.56. The molecule has 5 rings (SSSR count). The largest absolute Gasteiger partial charge is 0.380 e. The lowest BCUT2D eigenvalue weighted by atomic mass is 10.0. The Morgan fingerprint density at radius 2 is 2.03 bits per heavy atom. The molecule has 1 aromatic heterocycles. The van der Waals surface area contributed by atoms with Crippen molar-refractivity contribution in [3.63, 3.8) is 0 Å². The molecule has 4 N–H and O–H groups in total. The molecule has 0 radical (unpaired) electrons. The molecule has 184 valence electrons. The van der Waals surface area contributed by atoms with Crippen LogP contribution in [-0.4, -0.2) is 44.3 Å². The smallest absolute Gasteiger partial charge is 0.252 e. The Labute approximate surface area is 211 Å². The Morgan fingerprint density at radius 3 is 2.80 bits per heavy atom. The van der Waals surface area contributed by atoms with Gasteiger partial charge >= 0.3 is 0 Å². The minimum absolute atomic E-state index is 0.0452. The molecular weight excluding hydrogens is 456 g/mol. The predicted molar refractivity (Wildman–Crippen MR) is 143 cm³/mol. The fraction of sp³-hybridized carbons (Fsp3) is 0.393. The SMILES string of the molecule is Cc1ccc(NC2CNC2)cc1C(=O)N[C@H](C)c1cccc(-c2ccc(CN[C@@H]3CCOC3)s2)c1. The molecule has 0 saturated carbocycles. The van der Waals surface area contributed by atoms with Gasteiger partial charge in [-0.25, -0.2) is 0 Å². The van der Waals surface area contributed by atoms with Crippen molar-refractivity contribution < 1.29 is 9.53 Å². The zero-order chi connectivity index (χ0) is 24.2. The number of nitrogens with one attached hydrogen (secondary N) is 4. The van der Waals surface area contributed by atoms with E-state index in [1.807, 2.05) is 43.4 Å². The molecule has 3 heterocycles. The number of rotatable bonds is 9. The fourth-order valence-corrected chi connectivity index (χ4v) is 5.43. The van der Waals surface area contributed by atoms with Crippen molar-refractivity contribution in [2.45, 2.75) is 44.9 Å². The Hall–Kier alpha value is -2.71. The summed E-state index contributed by atoms with van der Waals surface area (Å²) in [7, 11) is 0. The van der Waals surface area contributed by atoms with Crippen LogP contribution >= 0.6 is 11.3 Å². The van der Waals surface area contributed by atoms with E-state index >= 15 is 0 Å². The minimum Gasteiger partial charge on any atom is -0.380 e. The monoisotopic (exact) mass is 490 g/mol. The van der Waals surface area contributed by atoms with Gasteiger partial charge in [-0.05, 0) is 67.3 Å². The van der Waals surface area contributed by atoms with E-state index in [-0.39, 0.29) is 11.9 Å². The van der Waals surface area contributed by atoms with Crippen LogP contribution < -0.4 is 21.3 Å². The van der Waals surface area contributed by atoms with Crippen LogP contribution in [0.15, 0.2) is 54.6 Å². The summed E-state index contributed by atoms with van der Waals surface area (Å²) in [6.07, 6.45) is 1.09. The highest BCUT2D eigenvalue weighted by Gasteiger charge is 2.19. The summed E-state index contributed by atoms with van der Waals surface area (Å²) >= 11 is 1.81. The molecule has 2 aliphatic heterocycles. The molecule has 2 saturated heterocycles. The van der Waals surface area contributed by atoms with Crippen molar-refractivity contribution in [1.29, 1.82) is 0 Å². The second-order valence-corrected chi connectivity index (χ2v) is 10.7. The van der Waals surface area contributed by atoms with Crippen molar-refractivity contribution >= 4 is 22.9 Å². The molecule has 0 unspecified atom stereocenters. The van der Waals surface area contributed by atoms with Gasteiger partial charge in [0.1, 0.15) is 0 Å². The van der Waals surface area contributed by atoms with Gasteiger partial charge in [0.2, 0.25) is 0 Å². The molecule has 0 spiro atoms. The molecule has 6 nitrogen and oxygen atoms in total. The van der Waals surface area contributed by atoms with E-state index in [2.05, 4.69) is 57.7 Å². The number of benzene rings is 2. The van der Waals surface area contributed by atoms with Crippen LogP contribution in [0.1, 0.15) is 45.7 Å². The third-order valence-corrected chi connectivity index (χ3v) is 7.94. The molecule has 35 heavy (non-hydrogen) atoms. The van der Waals surface area contributed by atoms with E-state index in [4.69, 9.17) is 4.74 Å². The topological polar surface area (TPSA) is 74.4 Å². The van der Waals surface area contributed by atoms with Gasteiger partial charge in [-0.1, -0.05) is 24.3 Å². The number of ether oxygens (including phenoxy) is 1. The molecule has 0 aliphatic carbocycles. The molecule has 2 atom stereocenters. The molecule has 2 aliphatic rings. The van der Waals surface area contributed by atoms with Gasteiger partial charge in [0.05, 0.1) is 18.7 Å². The van der Waals surface area contributed by atoms with Crippen molar-refractivity contribution in [3.05, 3.63) is 76.2 Å². The van der Waals surface area contributed by atoms with Crippen molar-refractivity contribution in [2.75, 3.05) is 31.6 Å². The standard InChI is InChI=1S/C28H34N4O2S/c1-18-6-7-22(32-24-14-29-15-24)13-26(18)28(33)31-19(2)20-4-3-5-21(12-20)27-9-8-25(35-27)16-30-23-10-11-34-17-23/h3-9,12-13,19,23-24,29-30,32H,10-11,14-17H2,1-2H3,(H,31,33)/t19-,23-/m1/s1. The van der Waals surface area contributed by atoms with E-state index in [1.165, 1.54) is 15.3 Å². The van der Waals surface area contributed by atoms with Gasteiger partial charge in [0, 0.05) is 53.3 Å². The molecule has 0 bridgehead atoms. The lowest BCUT2D eigenvalue weighted by molar-refractivity contribution is 0.0939. The highest BCUT2D eigenvalue weighted by molar-refractivity contribution is 7.15. The zero-order valence-corrected chi connectivity index (χ0v) is 21.2. The lowest BCUT2D eigenvalue weighted by Crippen LogP contribution is -2.51. The van der Waals surface area contributed by atoms with E-state index in [9.17, 15) is 4.79 Å². The van der Waals surface area contributed by atoms with Crippen LogP contribution in [0.3, 0.4) is 0 Å². The van der Waals surface area contributed by atoms with Crippen molar-refractivity contribution in [1.82, 2.24) is 16.0 Å². The number of thiophene rings is 1. The van der Waals surface area contributed by atoms with E-state index in [1.54, 1.807) is 0 Å². The summed E-state index contributed by atoms with van der Waals surface area (Å²) in [6.45, 7) is 8.48. The van der Waals surface area contributed by atoms with Gasteiger partial charge in [0.15, 0.2) is 0 Å². The maximum atomic E-state index is 13.1. The molecule has 7 heteroatoms. The first-order valence-corrected chi connectivity index (χ1v) is 13.3. The number of aryl methyl sites for hydroxylation is 1. The maximum Gasteiger partial charge on any atom is 0.252 e. The molecule has 2 aromatic carbocycles. The quantitative estimate of drug-likeness (QED) is 0.356. The third-order valence-electron chi connectivity index (χ3n) is 6.81. The van der Waals surface area contributed by atoms with Gasteiger partial charge in [-0.2, -0.15) is 0 Å². The summed E-state index contributed by atoms with van der Waals surface area (Å²) < 4.78 is 5.45. The van der Waals surface area contributed by atoms with Gasteiger partial charge in [-0.3, -0.25) is 4.79 Å². The van der Waals surface area contributed by atoms with Crippen LogP contribution in [0.25, 0.3) is 10.4 Å². The van der Waals surface area contributed by atoms with E-state index in [0.29, 0.717) is 17.6 Å². The second kappa shape index (κ2) is 10.9. The summed E-state index contributed by atoms with van der Waals surface area (Å²) in [6, 6.07) is 19.7. The lowest BCUT2D eigenvalue weighted by Gasteiger charge is -2.29. The van der Waals surface area contributed by atoms with Gasteiger partial charge in [-0.15, -0.1) is 11.3 Å². The number of hydrogen-bond acceptors (Lipinski definition) is 6. The Balaban J connectivity index is 1.23. The fourth-order valence-electron chi connectivity index (χ4n) is 4.47. The predicted octanol–water partition coefficient (Wildman–Crippen LogP) is 4.48. The van der Waals surface area contributed by atoms with Crippen molar-refractivity contribution in [2.24, 2.45) is 0 Å². The number of carbonyl (C=O) groups excluding carboxylic acids is 1. The number of carbonyl (C=O) groups is 1. The average Bonchev–Trinajstić information content (AvgIpc) is 3.53. The molecule has 1 amide bonds. The highest BCUT2D eigenvalue weighted by Crippen LogP contribution is 2.30. The molecular formula is C28H34N4O2S. The summed E-state index contributed by atoms with van der Waals surface area (Å²) in [4.78, 5) is 15.7. The van der Waals surface area contributed by atoms with Gasteiger partial charge in [0.25, 0.3) is 5.91 Å². The summed E-state index contributed by atoms with van der Waals surface area (Å²) in [5.41, 5.74) is 4.96. The normalized spacial score (nSPS) is 18.7. The Kier molecular flexibility index (Phi) is 7.48. The number of amides is 1. The van der Waals surface area contributed by atoms with Crippen LogP contribution in [0.4, 0.5) is 5.69 Å². The van der Waals surface area contributed by atoms with E-state index in [0.717, 1.165) is 56.1 Å². The molecule has 3 aromatic rings. The Morgan fingerprint density at radius 1 is 1.14 bits per heavy atom. The first kappa shape index (κ1) is 24.0. The average molecular weight is 491 g/mol. The van der Waals surface area contributed by atoms with Crippen LogP contribution in [0.2, 0.25) is 0 Å². The molecule has 2 fully saturated rings. The number of hydrogen-bond donors (Lipinski definition) is 4. The van der Waals surface area contributed by atoms with Gasteiger partial charge < -0.3 is 26.0 Å². The zero-order valence-electron chi connectivity index (χ0n) is 20.4. The van der Waals surface area contributed by atoms with Crippen LogP contribution in [0, 0.1) is 6.92 Å². The Bertz CT molecular complexity index is 1170.